The van der Waals surface area contributed by atoms with E-state index in [0.29, 0.717) is 5.91 Å². The van der Waals surface area contributed by atoms with Crippen molar-refractivity contribution in [1.82, 2.24) is 9.80 Å². The summed E-state index contributed by atoms with van der Waals surface area (Å²) < 4.78 is 0. The van der Waals surface area contributed by atoms with Gasteiger partial charge in [-0.3, -0.25) is 9.69 Å². The maximum absolute atomic E-state index is 12.3. The standard InChI is InChI=1S/C17H26N2OS/c1-4-21-15(3)17(20)19-10-8-18(9-11-19)13-16-7-5-6-14(2)12-16/h5-7,12,15H,4,8-11,13H2,1-3H3/t15-/m1/s1. The fourth-order valence-corrected chi connectivity index (χ4v) is 3.57. The maximum Gasteiger partial charge on any atom is 0.235 e. The Balaban J connectivity index is 1.82. The van der Waals surface area contributed by atoms with Gasteiger partial charge in [0.2, 0.25) is 5.91 Å². The minimum absolute atomic E-state index is 0.0957. The molecule has 1 aliphatic heterocycles. The van der Waals surface area contributed by atoms with Crippen LogP contribution < -0.4 is 0 Å². The van der Waals surface area contributed by atoms with Crippen molar-refractivity contribution in [2.24, 2.45) is 0 Å². The molecule has 1 aromatic rings. The smallest absolute Gasteiger partial charge is 0.235 e. The third kappa shape index (κ3) is 4.75. The van der Waals surface area contributed by atoms with Gasteiger partial charge in [0.15, 0.2) is 0 Å². The van der Waals surface area contributed by atoms with Crippen LogP contribution in [0.4, 0.5) is 0 Å². The molecule has 0 aromatic heterocycles. The zero-order valence-electron chi connectivity index (χ0n) is 13.3. The number of hydrogen-bond donors (Lipinski definition) is 0. The third-order valence-electron chi connectivity index (χ3n) is 3.94. The Bertz CT molecular complexity index is 470. The molecule has 1 atom stereocenters. The van der Waals surface area contributed by atoms with Crippen LogP contribution in [0.2, 0.25) is 0 Å². The summed E-state index contributed by atoms with van der Waals surface area (Å²) in [6, 6.07) is 8.68. The van der Waals surface area contributed by atoms with E-state index < -0.39 is 0 Å². The zero-order chi connectivity index (χ0) is 15.2. The molecule has 0 spiro atoms. The predicted molar refractivity (Wildman–Crippen MR) is 90.6 cm³/mol. The second kappa shape index (κ2) is 7.85. The summed E-state index contributed by atoms with van der Waals surface area (Å²) in [6.07, 6.45) is 0. The molecule has 1 heterocycles. The van der Waals surface area contributed by atoms with Gasteiger partial charge in [0, 0.05) is 32.7 Å². The van der Waals surface area contributed by atoms with Gasteiger partial charge in [-0.05, 0) is 25.2 Å². The number of nitrogens with zero attached hydrogens (tertiary/aromatic N) is 2. The van der Waals surface area contributed by atoms with E-state index in [2.05, 4.69) is 43.0 Å². The highest BCUT2D eigenvalue weighted by Crippen LogP contribution is 2.15. The Hall–Kier alpha value is -1.00. The largest absolute Gasteiger partial charge is 0.339 e. The van der Waals surface area contributed by atoms with E-state index in [9.17, 15) is 4.79 Å². The Morgan fingerprint density at radius 1 is 1.29 bits per heavy atom. The van der Waals surface area contributed by atoms with Crippen LogP contribution in [0.25, 0.3) is 0 Å². The molecule has 0 saturated carbocycles. The van der Waals surface area contributed by atoms with E-state index in [4.69, 9.17) is 0 Å². The molecular weight excluding hydrogens is 280 g/mol. The summed E-state index contributed by atoms with van der Waals surface area (Å²) in [4.78, 5) is 16.8. The second-order valence-electron chi connectivity index (χ2n) is 5.69. The SMILES string of the molecule is CCS[C@H](C)C(=O)N1CCN(Cc2cccc(C)c2)CC1. The number of piperazine rings is 1. The Labute approximate surface area is 132 Å². The fraction of sp³-hybridized carbons (Fsp3) is 0.588. The number of carbonyl (C=O) groups is 1. The minimum atomic E-state index is 0.0957. The molecule has 1 aromatic carbocycles. The van der Waals surface area contributed by atoms with Gasteiger partial charge in [0.1, 0.15) is 0 Å². The molecule has 4 heteroatoms. The van der Waals surface area contributed by atoms with Crippen LogP contribution in [0.3, 0.4) is 0 Å². The van der Waals surface area contributed by atoms with Gasteiger partial charge in [0.25, 0.3) is 0 Å². The van der Waals surface area contributed by atoms with Crippen molar-refractivity contribution in [1.29, 1.82) is 0 Å². The normalized spacial score (nSPS) is 17.8. The Kier molecular flexibility index (Phi) is 6.12. The van der Waals surface area contributed by atoms with Crippen molar-refractivity contribution in [3.05, 3.63) is 35.4 Å². The van der Waals surface area contributed by atoms with E-state index in [1.54, 1.807) is 11.8 Å². The molecule has 1 amide bonds. The summed E-state index contributed by atoms with van der Waals surface area (Å²) in [5, 5.41) is 0.0957. The van der Waals surface area contributed by atoms with Crippen molar-refractivity contribution in [3.63, 3.8) is 0 Å². The second-order valence-corrected chi connectivity index (χ2v) is 7.31. The number of amides is 1. The fourth-order valence-electron chi connectivity index (χ4n) is 2.77. The van der Waals surface area contributed by atoms with Crippen molar-refractivity contribution in [3.8, 4) is 0 Å². The van der Waals surface area contributed by atoms with Crippen LogP contribution in [0, 0.1) is 6.92 Å². The summed E-state index contributed by atoms with van der Waals surface area (Å²) in [5.74, 6) is 1.30. The molecule has 21 heavy (non-hydrogen) atoms. The zero-order valence-corrected chi connectivity index (χ0v) is 14.2. The first-order valence-electron chi connectivity index (χ1n) is 7.78. The summed E-state index contributed by atoms with van der Waals surface area (Å²) in [7, 11) is 0. The lowest BCUT2D eigenvalue weighted by atomic mass is 10.1. The van der Waals surface area contributed by atoms with Crippen LogP contribution in [0.15, 0.2) is 24.3 Å². The monoisotopic (exact) mass is 306 g/mol. The van der Waals surface area contributed by atoms with Gasteiger partial charge in [-0.25, -0.2) is 0 Å². The molecule has 0 radical (unpaired) electrons. The predicted octanol–water partition coefficient (Wildman–Crippen LogP) is 2.78. The van der Waals surface area contributed by atoms with Gasteiger partial charge in [-0.1, -0.05) is 36.8 Å². The average molecular weight is 306 g/mol. The van der Waals surface area contributed by atoms with E-state index in [1.165, 1.54) is 11.1 Å². The Morgan fingerprint density at radius 3 is 2.62 bits per heavy atom. The third-order valence-corrected chi connectivity index (χ3v) is 4.97. The van der Waals surface area contributed by atoms with Crippen molar-refractivity contribution in [2.45, 2.75) is 32.6 Å². The lowest BCUT2D eigenvalue weighted by molar-refractivity contribution is -0.132. The molecule has 2 rings (SSSR count). The summed E-state index contributed by atoms with van der Waals surface area (Å²) in [5.41, 5.74) is 2.68. The molecule has 0 unspecified atom stereocenters. The first-order chi connectivity index (χ1) is 10.1. The molecule has 0 aliphatic carbocycles. The topological polar surface area (TPSA) is 23.6 Å². The molecule has 3 nitrogen and oxygen atoms in total. The summed E-state index contributed by atoms with van der Waals surface area (Å²) in [6.45, 7) is 10.9. The molecule has 116 valence electrons. The molecule has 1 saturated heterocycles. The highest BCUT2D eigenvalue weighted by Gasteiger charge is 2.24. The highest BCUT2D eigenvalue weighted by molar-refractivity contribution is 8.00. The highest BCUT2D eigenvalue weighted by atomic mass is 32.2. The van der Waals surface area contributed by atoms with Gasteiger partial charge in [-0.15, -0.1) is 11.8 Å². The first kappa shape index (κ1) is 16.4. The Morgan fingerprint density at radius 2 is 2.00 bits per heavy atom. The van der Waals surface area contributed by atoms with Gasteiger partial charge in [-0.2, -0.15) is 0 Å². The molecule has 1 aliphatic rings. The van der Waals surface area contributed by atoms with Crippen molar-refractivity contribution in [2.75, 3.05) is 31.9 Å². The van der Waals surface area contributed by atoms with Gasteiger partial charge in [0.05, 0.1) is 5.25 Å². The number of aryl methyl sites for hydroxylation is 1. The van der Waals surface area contributed by atoms with Crippen LogP contribution in [0.5, 0.6) is 0 Å². The average Bonchev–Trinajstić information content (AvgIpc) is 2.47. The molecule has 0 N–H and O–H groups in total. The molecule has 0 bridgehead atoms. The van der Waals surface area contributed by atoms with E-state index in [-0.39, 0.29) is 5.25 Å². The number of carbonyl (C=O) groups excluding carboxylic acids is 1. The number of rotatable bonds is 5. The van der Waals surface area contributed by atoms with E-state index >= 15 is 0 Å². The van der Waals surface area contributed by atoms with Crippen LogP contribution in [-0.4, -0.2) is 52.9 Å². The van der Waals surface area contributed by atoms with Crippen LogP contribution in [0.1, 0.15) is 25.0 Å². The van der Waals surface area contributed by atoms with E-state index in [1.807, 2.05) is 11.8 Å². The lowest BCUT2D eigenvalue weighted by Gasteiger charge is -2.36. The van der Waals surface area contributed by atoms with Crippen LogP contribution >= 0.6 is 11.8 Å². The molecule has 1 fully saturated rings. The number of benzene rings is 1. The van der Waals surface area contributed by atoms with E-state index in [0.717, 1.165) is 38.5 Å². The van der Waals surface area contributed by atoms with Crippen molar-refractivity contribution < 1.29 is 4.79 Å². The van der Waals surface area contributed by atoms with Gasteiger partial charge < -0.3 is 4.90 Å². The number of thioether (sulfide) groups is 1. The minimum Gasteiger partial charge on any atom is -0.339 e. The van der Waals surface area contributed by atoms with Crippen molar-refractivity contribution >= 4 is 17.7 Å². The van der Waals surface area contributed by atoms with Gasteiger partial charge >= 0.3 is 0 Å². The first-order valence-corrected chi connectivity index (χ1v) is 8.83. The number of hydrogen-bond acceptors (Lipinski definition) is 3. The quantitative estimate of drug-likeness (QED) is 0.836. The summed E-state index contributed by atoms with van der Waals surface area (Å²) >= 11 is 1.73. The maximum atomic E-state index is 12.3. The lowest BCUT2D eigenvalue weighted by Crippen LogP contribution is -2.50. The molecular formula is C17H26N2OS. The van der Waals surface area contributed by atoms with Crippen LogP contribution in [-0.2, 0) is 11.3 Å².